The Balaban J connectivity index is 2.78. The minimum atomic E-state index is -1.37. The fourth-order valence-corrected chi connectivity index (χ4v) is 3.70. The first-order valence-electron chi connectivity index (χ1n) is 8.24. The third-order valence-electron chi connectivity index (χ3n) is 3.73. The van der Waals surface area contributed by atoms with Crippen LogP contribution in [0.25, 0.3) is 11.0 Å². The summed E-state index contributed by atoms with van der Waals surface area (Å²) in [5, 5.41) is 1.18. The number of hydrogen-bond donors (Lipinski definition) is 0. The predicted molar refractivity (Wildman–Crippen MR) is 108 cm³/mol. The number of fused-ring (bicyclic) bond motifs is 1. The van der Waals surface area contributed by atoms with Crippen molar-refractivity contribution in [2.75, 3.05) is 5.75 Å². The van der Waals surface area contributed by atoms with Crippen LogP contribution in [0, 0.1) is 13.8 Å². The quantitative estimate of drug-likeness (QED) is 0.566. The Morgan fingerprint density at radius 1 is 1.28 bits per heavy atom. The number of nitrogens with zero attached hydrogens (tertiary/aromatic N) is 1. The van der Waals surface area contributed by atoms with Crippen LogP contribution >= 0.6 is 11.8 Å². The molecule has 0 aliphatic heterocycles. The molecule has 0 amide bonds. The van der Waals surface area contributed by atoms with Gasteiger partial charge in [-0.15, -0.1) is 0 Å². The third-order valence-corrected chi connectivity index (χ3v) is 6.16. The molecule has 0 saturated heterocycles. The highest BCUT2D eigenvalue weighted by molar-refractivity contribution is 7.99. The van der Waals surface area contributed by atoms with Crippen LogP contribution in [0.2, 0.25) is 0 Å². The van der Waals surface area contributed by atoms with Crippen LogP contribution in [-0.2, 0) is 11.0 Å². The summed E-state index contributed by atoms with van der Waals surface area (Å²) in [4.78, 5) is 12.8. The van der Waals surface area contributed by atoms with E-state index in [9.17, 15) is 9.00 Å². The first-order chi connectivity index (χ1) is 11.6. The molecule has 1 aromatic heterocycles. The van der Waals surface area contributed by atoms with Crippen LogP contribution in [-0.4, -0.2) is 20.4 Å². The van der Waals surface area contributed by atoms with Crippen LogP contribution in [0.5, 0.6) is 0 Å². The van der Waals surface area contributed by atoms with Crippen molar-refractivity contribution in [2.24, 2.45) is 4.40 Å². The molecule has 25 heavy (non-hydrogen) atoms. The van der Waals surface area contributed by atoms with Crippen LogP contribution in [0.3, 0.4) is 0 Å². The molecule has 0 bridgehead atoms. The Morgan fingerprint density at radius 3 is 2.48 bits per heavy atom. The van der Waals surface area contributed by atoms with Gasteiger partial charge in [-0.25, -0.2) is 4.21 Å². The molecule has 0 radical (unpaired) electrons. The molecular formula is C19H25NO3S2. The van der Waals surface area contributed by atoms with Crippen molar-refractivity contribution in [3.05, 3.63) is 39.0 Å². The van der Waals surface area contributed by atoms with Gasteiger partial charge in [0.25, 0.3) is 0 Å². The lowest BCUT2D eigenvalue weighted by Gasteiger charge is -2.15. The number of rotatable bonds is 4. The second-order valence-electron chi connectivity index (χ2n) is 7.00. The molecule has 1 aromatic carbocycles. The topological polar surface area (TPSA) is 59.6 Å². The van der Waals surface area contributed by atoms with E-state index in [-0.39, 0.29) is 5.43 Å². The van der Waals surface area contributed by atoms with Gasteiger partial charge >= 0.3 is 0 Å². The van der Waals surface area contributed by atoms with Gasteiger partial charge in [0, 0.05) is 11.1 Å². The molecule has 1 heterocycles. The highest BCUT2D eigenvalue weighted by atomic mass is 32.2. The highest BCUT2D eigenvalue weighted by Gasteiger charge is 2.21. The Bertz CT molecular complexity index is 921. The first-order valence-corrected chi connectivity index (χ1v) is 10.3. The summed E-state index contributed by atoms with van der Waals surface area (Å²) in [6.07, 6.45) is 0. The Labute approximate surface area is 155 Å². The molecule has 4 nitrogen and oxygen atoms in total. The summed E-state index contributed by atoms with van der Waals surface area (Å²) in [6, 6.07) is 3.77. The van der Waals surface area contributed by atoms with Crippen LogP contribution in [0.1, 0.15) is 51.3 Å². The van der Waals surface area contributed by atoms with E-state index in [1.165, 1.54) is 11.8 Å². The van der Waals surface area contributed by atoms with Gasteiger partial charge in [-0.05, 0) is 65.0 Å². The van der Waals surface area contributed by atoms with Crippen LogP contribution in [0.4, 0.5) is 0 Å². The Morgan fingerprint density at radius 2 is 1.92 bits per heavy atom. The minimum Gasteiger partial charge on any atom is -0.449 e. The maximum absolute atomic E-state index is 12.8. The van der Waals surface area contributed by atoms with E-state index in [2.05, 4.69) is 4.40 Å². The van der Waals surface area contributed by atoms with Crippen molar-refractivity contribution in [2.45, 2.75) is 58.3 Å². The fraction of sp³-hybridized carbons (Fsp3) is 0.474. The van der Waals surface area contributed by atoms with Crippen molar-refractivity contribution in [1.82, 2.24) is 0 Å². The first kappa shape index (κ1) is 19.9. The van der Waals surface area contributed by atoms with E-state index in [1.807, 2.05) is 53.7 Å². The van der Waals surface area contributed by atoms with Crippen molar-refractivity contribution in [3.63, 3.8) is 0 Å². The number of benzene rings is 1. The lowest BCUT2D eigenvalue weighted by Crippen LogP contribution is -2.20. The largest absolute Gasteiger partial charge is 0.449 e. The zero-order valence-electron chi connectivity index (χ0n) is 15.9. The number of thioether (sulfide) groups is 1. The van der Waals surface area contributed by atoms with Crippen LogP contribution in [0.15, 0.2) is 30.8 Å². The second-order valence-corrected chi connectivity index (χ2v) is 10.1. The van der Waals surface area contributed by atoms with E-state index in [0.717, 1.165) is 16.9 Å². The number of aryl methyl sites for hydroxylation is 1. The summed E-state index contributed by atoms with van der Waals surface area (Å²) in [7, 11) is -1.37. The molecule has 1 unspecified atom stereocenters. The Kier molecular flexibility index (Phi) is 5.94. The van der Waals surface area contributed by atoms with Crippen molar-refractivity contribution in [3.8, 4) is 0 Å². The molecule has 2 aromatic rings. The average molecular weight is 380 g/mol. The SMILES string of the molecule is CCSc1oc2c(C(C)=NS(=O)C(C)(C)C)cc(C)cc2c(=O)c1C. The molecular weight excluding hydrogens is 354 g/mol. The van der Waals surface area contributed by atoms with Gasteiger partial charge in [0.2, 0.25) is 0 Å². The molecule has 136 valence electrons. The summed E-state index contributed by atoms with van der Waals surface area (Å²) in [5.41, 5.74) is 3.41. The smallest absolute Gasteiger partial charge is 0.196 e. The van der Waals surface area contributed by atoms with Crippen molar-refractivity contribution < 1.29 is 8.63 Å². The fourth-order valence-electron chi connectivity index (χ4n) is 2.36. The lowest BCUT2D eigenvalue weighted by atomic mass is 10.0. The summed E-state index contributed by atoms with van der Waals surface area (Å²) >= 11 is 1.51. The third kappa shape index (κ3) is 4.23. The zero-order chi connectivity index (χ0) is 18.9. The molecule has 2 rings (SSSR count). The van der Waals surface area contributed by atoms with E-state index in [0.29, 0.717) is 27.3 Å². The van der Waals surface area contributed by atoms with Gasteiger partial charge in [0.05, 0.1) is 15.8 Å². The molecule has 1 atom stereocenters. The van der Waals surface area contributed by atoms with Gasteiger partial charge in [0.15, 0.2) is 10.5 Å². The zero-order valence-corrected chi connectivity index (χ0v) is 17.5. The van der Waals surface area contributed by atoms with Gasteiger partial charge in [-0.1, -0.05) is 18.7 Å². The molecule has 0 aliphatic carbocycles. The monoisotopic (exact) mass is 379 g/mol. The van der Waals surface area contributed by atoms with Gasteiger partial charge in [0.1, 0.15) is 16.6 Å². The van der Waals surface area contributed by atoms with Gasteiger partial charge < -0.3 is 4.42 Å². The van der Waals surface area contributed by atoms with Crippen molar-refractivity contribution in [1.29, 1.82) is 0 Å². The lowest BCUT2D eigenvalue weighted by molar-refractivity contribution is 0.492. The molecule has 6 heteroatoms. The standard InChI is InChI=1S/C19H25NO3S2/c1-8-24-18-12(3)16(21)15-10-11(2)9-14(17(15)23-18)13(4)20-25(22)19(5,6)7/h9-10H,8H2,1-7H3. The van der Waals surface area contributed by atoms with E-state index < -0.39 is 15.7 Å². The maximum atomic E-state index is 12.8. The summed E-state index contributed by atoms with van der Waals surface area (Å²) < 4.78 is 22.4. The molecule has 0 aliphatic rings. The van der Waals surface area contributed by atoms with Crippen molar-refractivity contribution >= 4 is 39.4 Å². The van der Waals surface area contributed by atoms with Crippen LogP contribution < -0.4 is 5.43 Å². The predicted octanol–water partition coefficient (Wildman–Crippen LogP) is 4.79. The van der Waals surface area contributed by atoms with Gasteiger partial charge in [-0.2, -0.15) is 4.40 Å². The maximum Gasteiger partial charge on any atom is 0.196 e. The second kappa shape index (κ2) is 7.46. The molecule has 0 N–H and O–H groups in total. The van der Waals surface area contributed by atoms with Gasteiger partial charge in [-0.3, -0.25) is 4.79 Å². The van der Waals surface area contributed by atoms with E-state index in [1.54, 1.807) is 6.92 Å². The summed E-state index contributed by atoms with van der Waals surface area (Å²) in [6.45, 7) is 13.2. The van der Waals surface area contributed by atoms with E-state index >= 15 is 0 Å². The number of hydrogen-bond acceptors (Lipinski definition) is 4. The Hall–Kier alpha value is -1.40. The van der Waals surface area contributed by atoms with E-state index in [4.69, 9.17) is 4.42 Å². The highest BCUT2D eigenvalue weighted by Crippen LogP contribution is 2.28. The minimum absolute atomic E-state index is 0.0214. The molecule has 0 spiro atoms. The normalized spacial score (nSPS) is 14.1. The molecule has 0 saturated carbocycles. The average Bonchev–Trinajstić information content (AvgIpc) is 2.51. The summed E-state index contributed by atoms with van der Waals surface area (Å²) in [5.74, 6) is 0.817. The molecule has 0 fully saturated rings.